The van der Waals surface area contributed by atoms with Gasteiger partial charge < -0.3 is 14.6 Å². The highest BCUT2D eigenvalue weighted by molar-refractivity contribution is 5.43. The van der Waals surface area contributed by atoms with Crippen molar-refractivity contribution in [3.63, 3.8) is 0 Å². The quantitative estimate of drug-likeness (QED) is 0.813. The molecule has 18 heavy (non-hydrogen) atoms. The first-order valence-corrected chi connectivity index (χ1v) is 6.77. The van der Waals surface area contributed by atoms with Crippen molar-refractivity contribution in [2.75, 3.05) is 7.11 Å². The minimum Gasteiger partial charge on any atom is -0.497 e. The Hall–Kier alpha value is -1.22. The molecule has 3 heteroatoms. The molecule has 0 aliphatic carbocycles. The first kappa shape index (κ1) is 13.2. The van der Waals surface area contributed by atoms with Gasteiger partial charge in [0, 0.05) is 12.0 Å². The van der Waals surface area contributed by atoms with Crippen molar-refractivity contribution in [1.82, 2.24) is 0 Å². The molecule has 1 N–H and O–H groups in total. The fourth-order valence-corrected chi connectivity index (χ4v) is 2.42. The predicted octanol–water partition coefficient (Wildman–Crippen LogP) is 3.46. The van der Waals surface area contributed by atoms with Crippen molar-refractivity contribution in [2.24, 2.45) is 0 Å². The van der Waals surface area contributed by atoms with E-state index in [1.807, 2.05) is 18.2 Å². The van der Waals surface area contributed by atoms with E-state index >= 15 is 0 Å². The van der Waals surface area contributed by atoms with Gasteiger partial charge in [-0.3, -0.25) is 0 Å². The third kappa shape index (κ3) is 2.96. The maximum Gasteiger partial charge on any atom is 0.125 e. The molecular formula is C15H22O3. The molecule has 0 radical (unpaired) electrons. The van der Waals surface area contributed by atoms with Crippen molar-refractivity contribution < 1.29 is 14.6 Å². The Morgan fingerprint density at radius 2 is 2.22 bits per heavy atom. The second kappa shape index (κ2) is 6.10. The lowest BCUT2D eigenvalue weighted by atomic mass is 9.96. The van der Waals surface area contributed by atoms with Gasteiger partial charge in [0.2, 0.25) is 0 Å². The van der Waals surface area contributed by atoms with Crippen molar-refractivity contribution in [2.45, 2.75) is 51.2 Å². The molecule has 0 aromatic heterocycles. The molecule has 3 nitrogen and oxygen atoms in total. The van der Waals surface area contributed by atoms with Crippen molar-refractivity contribution >= 4 is 0 Å². The average molecular weight is 250 g/mol. The Morgan fingerprint density at radius 3 is 2.94 bits per heavy atom. The van der Waals surface area contributed by atoms with E-state index in [0.717, 1.165) is 23.5 Å². The van der Waals surface area contributed by atoms with E-state index in [4.69, 9.17) is 9.47 Å². The highest BCUT2D eigenvalue weighted by Gasteiger charge is 2.26. The van der Waals surface area contributed by atoms with Crippen LogP contribution in [0.25, 0.3) is 0 Å². The number of aliphatic hydroxyl groups is 1. The Balaban J connectivity index is 2.04. The van der Waals surface area contributed by atoms with Gasteiger partial charge in [0.05, 0.1) is 13.2 Å². The second-order valence-corrected chi connectivity index (χ2v) is 4.89. The third-order valence-electron chi connectivity index (χ3n) is 3.49. The Bertz CT molecular complexity index is 389. The molecule has 0 amide bonds. The summed E-state index contributed by atoms with van der Waals surface area (Å²) in [5, 5.41) is 10.2. The van der Waals surface area contributed by atoms with E-state index in [0.29, 0.717) is 6.42 Å². The first-order chi connectivity index (χ1) is 8.74. The van der Waals surface area contributed by atoms with Crippen LogP contribution in [-0.4, -0.2) is 18.3 Å². The minimum atomic E-state index is -0.435. The molecule has 0 saturated carbocycles. The van der Waals surface area contributed by atoms with Gasteiger partial charge in [-0.05, 0) is 31.0 Å². The summed E-state index contributed by atoms with van der Waals surface area (Å²) in [6.45, 7) is 2.19. The molecule has 0 fully saturated rings. The second-order valence-electron chi connectivity index (χ2n) is 4.89. The number of hydrogen-bond acceptors (Lipinski definition) is 3. The Labute approximate surface area is 109 Å². The number of rotatable bonds is 5. The zero-order valence-corrected chi connectivity index (χ0v) is 11.2. The fourth-order valence-electron chi connectivity index (χ4n) is 2.42. The summed E-state index contributed by atoms with van der Waals surface area (Å²) in [5.41, 5.74) is 0.848. The van der Waals surface area contributed by atoms with Crippen LogP contribution in [0.4, 0.5) is 0 Å². The summed E-state index contributed by atoms with van der Waals surface area (Å²) in [5.74, 6) is 1.57. The summed E-state index contributed by atoms with van der Waals surface area (Å²) in [4.78, 5) is 0. The number of unbranched alkanes of at least 4 members (excludes halogenated alkanes) is 2. The van der Waals surface area contributed by atoms with Gasteiger partial charge in [0.15, 0.2) is 0 Å². The first-order valence-electron chi connectivity index (χ1n) is 6.77. The molecule has 1 heterocycles. The molecule has 100 valence electrons. The molecule has 0 bridgehead atoms. The Morgan fingerprint density at radius 1 is 1.39 bits per heavy atom. The highest BCUT2D eigenvalue weighted by atomic mass is 16.5. The van der Waals surface area contributed by atoms with Crippen molar-refractivity contribution in [1.29, 1.82) is 0 Å². The summed E-state index contributed by atoms with van der Waals surface area (Å²) in [7, 11) is 1.63. The van der Waals surface area contributed by atoms with Gasteiger partial charge in [0.25, 0.3) is 0 Å². The maximum atomic E-state index is 10.2. The number of benzene rings is 1. The van der Waals surface area contributed by atoms with Crippen LogP contribution in [0.2, 0.25) is 0 Å². The van der Waals surface area contributed by atoms with Crippen molar-refractivity contribution in [3.05, 3.63) is 23.8 Å². The summed E-state index contributed by atoms with van der Waals surface area (Å²) >= 11 is 0. The van der Waals surface area contributed by atoms with Gasteiger partial charge in [0.1, 0.15) is 17.6 Å². The number of ether oxygens (including phenoxy) is 2. The molecule has 0 saturated heterocycles. The van der Waals surface area contributed by atoms with Gasteiger partial charge in [-0.25, -0.2) is 0 Å². The fraction of sp³-hybridized carbons (Fsp3) is 0.600. The lowest BCUT2D eigenvalue weighted by Crippen LogP contribution is -2.25. The molecule has 2 unspecified atom stereocenters. The van der Waals surface area contributed by atoms with Crippen LogP contribution in [0, 0.1) is 0 Å². The highest BCUT2D eigenvalue weighted by Crippen LogP contribution is 2.38. The summed E-state index contributed by atoms with van der Waals surface area (Å²) < 4.78 is 11.1. The maximum absolute atomic E-state index is 10.2. The molecule has 1 aromatic rings. The van der Waals surface area contributed by atoms with E-state index < -0.39 is 6.10 Å². The van der Waals surface area contributed by atoms with E-state index in [1.165, 1.54) is 19.3 Å². The van der Waals surface area contributed by atoms with E-state index in [1.54, 1.807) is 7.11 Å². The van der Waals surface area contributed by atoms with Crippen LogP contribution in [0.15, 0.2) is 18.2 Å². The molecule has 1 aliphatic heterocycles. The summed E-state index contributed by atoms with van der Waals surface area (Å²) in [6.07, 6.45) is 5.02. The SMILES string of the molecule is CCCCCC1CC(O)c2cc(OC)ccc2O1. The van der Waals surface area contributed by atoms with Crippen molar-refractivity contribution in [3.8, 4) is 11.5 Å². The average Bonchev–Trinajstić information content (AvgIpc) is 2.39. The molecule has 1 aliphatic rings. The van der Waals surface area contributed by atoms with Crippen LogP contribution >= 0.6 is 0 Å². The predicted molar refractivity (Wildman–Crippen MR) is 71.1 cm³/mol. The molecule has 0 spiro atoms. The standard InChI is InChI=1S/C15H22O3/c1-3-4-5-6-12-10-14(16)13-9-11(17-2)7-8-15(13)18-12/h7-9,12,14,16H,3-6,10H2,1-2H3. The van der Waals surface area contributed by atoms with Crippen LogP contribution in [0.5, 0.6) is 11.5 Å². The lowest BCUT2D eigenvalue weighted by molar-refractivity contribution is 0.0603. The molecule has 1 aromatic carbocycles. The Kier molecular flexibility index (Phi) is 4.48. The minimum absolute atomic E-state index is 0.146. The zero-order chi connectivity index (χ0) is 13.0. The number of aliphatic hydroxyl groups excluding tert-OH is 1. The van der Waals surface area contributed by atoms with Gasteiger partial charge in [-0.1, -0.05) is 19.8 Å². The largest absolute Gasteiger partial charge is 0.497 e. The molecular weight excluding hydrogens is 228 g/mol. The van der Waals surface area contributed by atoms with Crippen LogP contribution in [-0.2, 0) is 0 Å². The van der Waals surface area contributed by atoms with Gasteiger partial charge in [-0.15, -0.1) is 0 Å². The van der Waals surface area contributed by atoms with Crippen LogP contribution in [0.3, 0.4) is 0 Å². The normalized spacial score (nSPS) is 22.2. The lowest BCUT2D eigenvalue weighted by Gasteiger charge is -2.30. The van der Waals surface area contributed by atoms with Gasteiger partial charge in [-0.2, -0.15) is 0 Å². The monoisotopic (exact) mass is 250 g/mol. The molecule has 2 atom stereocenters. The third-order valence-corrected chi connectivity index (χ3v) is 3.49. The summed E-state index contributed by atoms with van der Waals surface area (Å²) in [6, 6.07) is 5.63. The number of fused-ring (bicyclic) bond motifs is 1. The number of hydrogen-bond donors (Lipinski definition) is 1. The van der Waals surface area contributed by atoms with E-state index in [2.05, 4.69) is 6.92 Å². The smallest absolute Gasteiger partial charge is 0.125 e. The van der Waals surface area contributed by atoms with Gasteiger partial charge >= 0.3 is 0 Å². The number of methoxy groups -OCH3 is 1. The van der Waals surface area contributed by atoms with Crippen LogP contribution in [0.1, 0.15) is 50.7 Å². The van der Waals surface area contributed by atoms with E-state index in [9.17, 15) is 5.11 Å². The van der Waals surface area contributed by atoms with E-state index in [-0.39, 0.29) is 6.10 Å². The topological polar surface area (TPSA) is 38.7 Å². The zero-order valence-electron chi connectivity index (χ0n) is 11.2. The molecule has 2 rings (SSSR count). The van der Waals surface area contributed by atoms with Crippen LogP contribution < -0.4 is 9.47 Å².